The topological polar surface area (TPSA) is 57.8 Å². The minimum absolute atomic E-state index is 0.0723. The number of carbonyl (C=O) groups excluding carboxylic acids is 1. The Morgan fingerprint density at radius 2 is 2.32 bits per heavy atom. The summed E-state index contributed by atoms with van der Waals surface area (Å²) in [6.45, 7) is 4.25. The first-order chi connectivity index (χ1) is 10.7. The summed E-state index contributed by atoms with van der Waals surface area (Å²) in [5.41, 5.74) is 4.61. The zero-order valence-corrected chi connectivity index (χ0v) is 14.0. The number of thiophene rings is 1. The second kappa shape index (κ2) is 6.65. The van der Waals surface area contributed by atoms with Crippen LogP contribution < -0.4 is 5.32 Å². The van der Waals surface area contributed by atoms with Crippen molar-refractivity contribution in [3.05, 3.63) is 28.1 Å². The lowest BCUT2D eigenvalue weighted by atomic mass is 9.85. The van der Waals surface area contributed by atoms with Crippen molar-refractivity contribution in [2.45, 2.75) is 52.0 Å². The van der Waals surface area contributed by atoms with Crippen LogP contribution in [0.25, 0.3) is 11.3 Å². The number of amides is 1. The van der Waals surface area contributed by atoms with Crippen LogP contribution in [0.3, 0.4) is 0 Å². The SMILES string of the molecule is CCC(CC)NC(=O)[C@H]1CCc2[nH]nc(-c3ccsc3)c2C1. The molecule has 5 heteroatoms. The lowest BCUT2D eigenvalue weighted by Gasteiger charge is -2.24. The first-order valence-electron chi connectivity index (χ1n) is 8.12. The van der Waals surface area contributed by atoms with Crippen molar-refractivity contribution < 1.29 is 4.79 Å². The number of fused-ring (bicyclic) bond motifs is 1. The number of hydrogen-bond acceptors (Lipinski definition) is 3. The van der Waals surface area contributed by atoms with E-state index in [0.717, 1.165) is 43.4 Å². The standard InChI is InChI=1S/C17H23N3OS/c1-3-13(4-2)18-17(21)11-5-6-15-14(9-11)16(20-19-15)12-7-8-22-10-12/h7-8,10-11,13H,3-6,9H2,1-2H3,(H,18,21)(H,19,20)/t11-/m0/s1. The highest BCUT2D eigenvalue weighted by molar-refractivity contribution is 7.08. The monoisotopic (exact) mass is 317 g/mol. The van der Waals surface area contributed by atoms with E-state index in [2.05, 4.69) is 46.2 Å². The van der Waals surface area contributed by atoms with Crippen molar-refractivity contribution in [3.63, 3.8) is 0 Å². The van der Waals surface area contributed by atoms with E-state index in [1.807, 2.05) is 0 Å². The van der Waals surface area contributed by atoms with Crippen molar-refractivity contribution in [2.24, 2.45) is 5.92 Å². The Morgan fingerprint density at radius 1 is 1.50 bits per heavy atom. The molecule has 2 aromatic rings. The van der Waals surface area contributed by atoms with Gasteiger partial charge in [0.25, 0.3) is 0 Å². The maximum Gasteiger partial charge on any atom is 0.223 e. The molecule has 22 heavy (non-hydrogen) atoms. The average molecular weight is 317 g/mol. The molecule has 0 aliphatic heterocycles. The third-order valence-electron chi connectivity index (χ3n) is 4.64. The molecule has 0 aromatic carbocycles. The first-order valence-corrected chi connectivity index (χ1v) is 9.06. The summed E-state index contributed by atoms with van der Waals surface area (Å²) in [7, 11) is 0. The van der Waals surface area contributed by atoms with Gasteiger partial charge in [0.05, 0.1) is 5.69 Å². The highest BCUT2D eigenvalue weighted by atomic mass is 32.1. The molecule has 2 N–H and O–H groups in total. The van der Waals surface area contributed by atoms with E-state index < -0.39 is 0 Å². The van der Waals surface area contributed by atoms with Crippen LogP contribution in [0.15, 0.2) is 16.8 Å². The van der Waals surface area contributed by atoms with Crippen LogP contribution in [0.1, 0.15) is 44.4 Å². The molecule has 4 nitrogen and oxygen atoms in total. The van der Waals surface area contributed by atoms with E-state index in [-0.39, 0.29) is 11.8 Å². The van der Waals surface area contributed by atoms with Crippen LogP contribution in [0.5, 0.6) is 0 Å². The van der Waals surface area contributed by atoms with Gasteiger partial charge in [0.2, 0.25) is 5.91 Å². The summed E-state index contributed by atoms with van der Waals surface area (Å²) < 4.78 is 0. The van der Waals surface area contributed by atoms with Crippen molar-refractivity contribution in [1.82, 2.24) is 15.5 Å². The molecule has 0 unspecified atom stereocenters. The Hall–Kier alpha value is -1.62. The molecule has 1 aliphatic carbocycles. The molecular formula is C17H23N3OS. The number of nitrogens with zero attached hydrogens (tertiary/aromatic N) is 1. The zero-order chi connectivity index (χ0) is 15.5. The molecule has 2 aromatic heterocycles. The number of aromatic amines is 1. The number of carbonyl (C=O) groups is 1. The Kier molecular flexibility index (Phi) is 4.62. The van der Waals surface area contributed by atoms with Gasteiger partial charge in [0.1, 0.15) is 0 Å². The Morgan fingerprint density at radius 3 is 3.00 bits per heavy atom. The molecule has 2 heterocycles. The molecule has 0 bridgehead atoms. The maximum absolute atomic E-state index is 12.5. The minimum atomic E-state index is 0.0723. The third kappa shape index (κ3) is 2.95. The number of aryl methyl sites for hydroxylation is 1. The van der Waals surface area contributed by atoms with Gasteiger partial charge in [-0.25, -0.2) is 0 Å². The predicted octanol–water partition coefficient (Wildman–Crippen LogP) is 3.55. The summed E-state index contributed by atoms with van der Waals surface area (Å²) in [5.74, 6) is 0.278. The lowest BCUT2D eigenvalue weighted by molar-refractivity contribution is -0.126. The molecule has 1 aliphatic rings. The van der Waals surface area contributed by atoms with Gasteiger partial charge in [-0.1, -0.05) is 13.8 Å². The predicted molar refractivity (Wildman–Crippen MR) is 89.9 cm³/mol. The third-order valence-corrected chi connectivity index (χ3v) is 5.33. The Labute approximate surface area is 135 Å². The van der Waals surface area contributed by atoms with E-state index in [1.165, 1.54) is 11.3 Å². The maximum atomic E-state index is 12.5. The highest BCUT2D eigenvalue weighted by Gasteiger charge is 2.29. The van der Waals surface area contributed by atoms with Crippen LogP contribution in [0.2, 0.25) is 0 Å². The van der Waals surface area contributed by atoms with Gasteiger partial charge in [-0.15, -0.1) is 0 Å². The number of rotatable bonds is 5. The van der Waals surface area contributed by atoms with Gasteiger partial charge in [-0.2, -0.15) is 16.4 Å². The van der Waals surface area contributed by atoms with E-state index in [9.17, 15) is 4.79 Å². The fraction of sp³-hybridized carbons (Fsp3) is 0.529. The molecule has 0 saturated carbocycles. The van der Waals surface area contributed by atoms with Crippen LogP contribution >= 0.6 is 11.3 Å². The van der Waals surface area contributed by atoms with Crippen molar-refractivity contribution in [2.75, 3.05) is 0 Å². The second-order valence-electron chi connectivity index (χ2n) is 6.00. The minimum Gasteiger partial charge on any atom is -0.353 e. The van der Waals surface area contributed by atoms with Crippen LogP contribution in [-0.4, -0.2) is 22.1 Å². The second-order valence-corrected chi connectivity index (χ2v) is 6.78. The normalized spacial score (nSPS) is 17.5. The Bertz CT molecular complexity index is 628. The fourth-order valence-electron chi connectivity index (χ4n) is 3.17. The first kappa shape index (κ1) is 15.3. The highest BCUT2D eigenvalue weighted by Crippen LogP contribution is 2.33. The van der Waals surface area contributed by atoms with Crippen molar-refractivity contribution in [3.8, 4) is 11.3 Å². The van der Waals surface area contributed by atoms with Crippen molar-refractivity contribution >= 4 is 17.2 Å². The molecular weight excluding hydrogens is 294 g/mol. The summed E-state index contributed by atoms with van der Waals surface area (Å²) in [6, 6.07) is 2.39. The van der Waals surface area contributed by atoms with Gasteiger partial charge >= 0.3 is 0 Å². The molecule has 3 rings (SSSR count). The van der Waals surface area contributed by atoms with Crippen LogP contribution in [0, 0.1) is 5.92 Å². The number of hydrogen-bond donors (Lipinski definition) is 2. The number of nitrogens with one attached hydrogen (secondary N) is 2. The fourth-order valence-corrected chi connectivity index (χ4v) is 3.81. The molecule has 0 fully saturated rings. The summed E-state index contributed by atoms with van der Waals surface area (Å²) in [4.78, 5) is 12.5. The largest absolute Gasteiger partial charge is 0.353 e. The Balaban J connectivity index is 1.76. The van der Waals surface area contributed by atoms with Crippen LogP contribution in [-0.2, 0) is 17.6 Å². The van der Waals surface area contributed by atoms with E-state index in [1.54, 1.807) is 11.3 Å². The van der Waals surface area contributed by atoms with E-state index in [4.69, 9.17) is 0 Å². The molecule has 0 radical (unpaired) electrons. The van der Waals surface area contributed by atoms with Crippen molar-refractivity contribution in [1.29, 1.82) is 0 Å². The van der Waals surface area contributed by atoms with Crippen LogP contribution in [0.4, 0.5) is 0 Å². The van der Waals surface area contributed by atoms with Gasteiger partial charge in [-0.3, -0.25) is 9.89 Å². The molecule has 0 saturated heterocycles. The smallest absolute Gasteiger partial charge is 0.223 e. The molecule has 0 spiro atoms. The van der Waals surface area contributed by atoms with Gasteiger partial charge in [-0.05, 0) is 43.6 Å². The average Bonchev–Trinajstić information content (AvgIpc) is 3.20. The quantitative estimate of drug-likeness (QED) is 0.886. The molecule has 1 atom stereocenters. The van der Waals surface area contributed by atoms with Gasteiger partial charge in [0, 0.05) is 34.2 Å². The van der Waals surface area contributed by atoms with Gasteiger partial charge in [0.15, 0.2) is 0 Å². The zero-order valence-electron chi connectivity index (χ0n) is 13.2. The number of H-pyrrole nitrogens is 1. The summed E-state index contributed by atoms with van der Waals surface area (Å²) in [6.07, 6.45) is 4.60. The lowest BCUT2D eigenvalue weighted by Crippen LogP contribution is -2.40. The van der Waals surface area contributed by atoms with E-state index in [0.29, 0.717) is 6.04 Å². The molecule has 1 amide bonds. The summed E-state index contributed by atoms with van der Waals surface area (Å²) in [5, 5.41) is 15.0. The number of aromatic nitrogens is 2. The summed E-state index contributed by atoms with van der Waals surface area (Å²) >= 11 is 1.68. The van der Waals surface area contributed by atoms with Gasteiger partial charge < -0.3 is 5.32 Å². The molecule has 118 valence electrons. The van der Waals surface area contributed by atoms with E-state index >= 15 is 0 Å².